The first-order valence-electron chi connectivity index (χ1n) is 21.0. The van der Waals surface area contributed by atoms with E-state index in [4.69, 9.17) is 5.11 Å². The van der Waals surface area contributed by atoms with E-state index in [1.54, 1.807) is 58.3 Å². The molecular formula is C47H48F2N8O8. The minimum atomic E-state index is -1.58. The van der Waals surface area contributed by atoms with Gasteiger partial charge >= 0.3 is 11.9 Å². The third-order valence-electron chi connectivity index (χ3n) is 11.9. The Morgan fingerprint density at radius 2 is 1.00 bits per heavy atom. The molecule has 2 aliphatic rings. The molecule has 18 heteroatoms. The summed E-state index contributed by atoms with van der Waals surface area (Å²) in [6.07, 6.45) is 2.69. The van der Waals surface area contributed by atoms with Crippen molar-refractivity contribution in [3.05, 3.63) is 130 Å². The number of H-pyrrole nitrogens is 2. The predicted octanol–water partition coefficient (Wildman–Crippen LogP) is 5.50. The molecule has 8 rings (SSSR count). The molecule has 2 fully saturated rings. The zero-order valence-corrected chi connectivity index (χ0v) is 36.4. The first kappa shape index (κ1) is 45.8. The highest BCUT2D eigenvalue weighted by Gasteiger charge is 2.35. The van der Waals surface area contributed by atoms with Gasteiger partial charge in [-0.3, -0.25) is 29.0 Å². The lowest BCUT2D eigenvalue weighted by Crippen LogP contribution is -2.57. The number of carboxylic acid groups (broad SMARTS) is 1. The first-order valence-corrected chi connectivity index (χ1v) is 21.0. The molecule has 0 aliphatic carbocycles. The molecule has 65 heavy (non-hydrogen) atoms. The number of amides is 2. The molecule has 2 aliphatic heterocycles. The van der Waals surface area contributed by atoms with Gasteiger partial charge in [0.1, 0.15) is 34.1 Å². The van der Waals surface area contributed by atoms with Crippen molar-refractivity contribution in [3.8, 4) is 0 Å². The highest BCUT2D eigenvalue weighted by Crippen LogP contribution is 2.25. The number of methoxy groups -OCH3 is 1. The second kappa shape index (κ2) is 19.3. The van der Waals surface area contributed by atoms with Crippen LogP contribution in [0.2, 0.25) is 0 Å². The van der Waals surface area contributed by atoms with Gasteiger partial charge in [0.2, 0.25) is 0 Å². The van der Waals surface area contributed by atoms with Crippen LogP contribution in [0.5, 0.6) is 0 Å². The molecule has 0 bridgehead atoms. The maximum Gasteiger partial charge on any atom is 0.379 e. The van der Waals surface area contributed by atoms with E-state index >= 15 is 0 Å². The number of pyridine rings is 2. The Kier molecular flexibility index (Phi) is 13.6. The summed E-state index contributed by atoms with van der Waals surface area (Å²) in [6.45, 7) is 11.6. The molecule has 2 saturated heterocycles. The van der Waals surface area contributed by atoms with Gasteiger partial charge in [0.05, 0.1) is 29.3 Å². The van der Waals surface area contributed by atoms with Gasteiger partial charge in [-0.2, -0.15) is 0 Å². The van der Waals surface area contributed by atoms with E-state index in [0.29, 0.717) is 50.3 Å². The largest absolute Gasteiger partial charge is 0.475 e. The van der Waals surface area contributed by atoms with Crippen molar-refractivity contribution in [1.29, 1.82) is 0 Å². The minimum Gasteiger partial charge on any atom is -0.475 e. The number of ether oxygens (including phenoxy) is 1. The molecule has 0 radical (unpaired) electrons. The average Bonchev–Trinajstić information content (AvgIpc) is 3.93. The monoisotopic (exact) mass is 890 g/mol. The standard InChI is InChI=1S/C24H25FN4O4.C23H23FN4O4/c1-14-12-29(15(2)11-28(14)13-16-4-6-17(25)7-5-16)23(31)20-9-8-19-21(27-20)18(10-26-19)22(30)24(32)33-3;1-13-11-28(14(2)10-27(13)12-15-3-5-16(24)6-4-15)22(30)19-8-7-18-20(26-19)17(9-25-18)21(29)23(31)32/h4-10,14-15,26H,11-13H2,1-3H3;3-9,13-14,25H,10-12H2,1-2H3,(H,31,32)/t14-,15+;13-,14+/m00/s1. The van der Waals surface area contributed by atoms with Crippen LogP contribution in [0, 0.1) is 11.6 Å². The quantitative estimate of drug-likeness (QED) is 0.0888. The number of halogens is 2. The number of carboxylic acids is 1. The smallest absolute Gasteiger partial charge is 0.379 e. The van der Waals surface area contributed by atoms with Crippen LogP contribution in [-0.4, -0.2) is 137 Å². The molecule has 0 spiro atoms. The van der Waals surface area contributed by atoms with Crippen LogP contribution >= 0.6 is 0 Å². The number of carbonyl (C=O) groups excluding carboxylic acids is 5. The first-order chi connectivity index (χ1) is 31.0. The molecule has 0 saturated carbocycles. The molecular weight excluding hydrogens is 843 g/mol. The number of aromatic nitrogens is 4. The molecule has 2 aromatic carbocycles. The number of benzene rings is 2. The van der Waals surface area contributed by atoms with Gasteiger partial charge in [-0.05, 0) is 87.4 Å². The summed E-state index contributed by atoms with van der Waals surface area (Å²) in [5, 5.41) is 9.01. The van der Waals surface area contributed by atoms with Gasteiger partial charge in [-0.15, -0.1) is 0 Å². The summed E-state index contributed by atoms with van der Waals surface area (Å²) in [4.78, 5) is 95.9. The van der Waals surface area contributed by atoms with Crippen LogP contribution in [0.1, 0.15) is 80.5 Å². The van der Waals surface area contributed by atoms with Crippen molar-refractivity contribution in [1.82, 2.24) is 39.5 Å². The Morgan fingerprint density at radius 3 is 1.38 bits per heavy atom. The van der Waals surface area contributed by atoms with Crippen LogP contribution in [0.4, 0.5) is 8.78 Å². The molecule has 16 nitrogen and oxygen atoms in total. The molecule has 338 valence electrons. The van der Waals surface area contributed by atoms with E-state index in [2.05, 4.69) is 34.5 Å². The average molecular weight is 891 g/mol. The van der Waals surface area contributed by atoms with Crippen LogP contribution in [0.15, 0.2) is 85.2 Å². The zero-order chi connectivity index (χ0) is 46.7. The Balaban J connectivity index is 0.000000194. The predicted molar refractivity (Wildman–Crippen MR) is 234 cm³/mol. The number of esters is 1. The van der Waals surface area contributed by atoms with Crippen LogP contribution in [0.25, 0.3) is 22.1 Å². The Morgan fingerprint density at radius 1 is 0.600 bits per heavy atom. The van der Waals surface area contributed by atoms with Crippen molar-refractivity contribution < 1.29 is 47.4 Å². The lowest BCUT2D eigenvalue weighted by atomic mass is 10.1. The second-order valence-electron chi connectivity index (χ2n) is 16.5. The van der Waals surface area contributed by atoms with E-state index in [0.717, 1.165) is 18.2 Å². The van der Waals surface area contributed by atoms with Gasteiger partial charge in [0, 0.05) is 75.8 Å². The number of aromatic amines is 2. The summed E-state index contributed by atoms with van der Waals surface area (Å²) in [5.41, 5.74) is 3.81. The maximum absolute atomic E-state index is 13.3. The fourth-order valence-corrected chi connectivity index (χ4v) is 8.25. The number of nitrogens with one attached hydrogen (secondary N) is 2. The lowest BCUT2D eigenvalue weighted by Gasteiger charge is -2.44. The van der Waals surface area contributed by atoms with Crippen molar-refractivity contribution in [2.45, 2.75) is 65.0 Å². The molecule has 6 heterocycles. The Bertz CT molecular complexity index is 2770. The van der Waals surface area contributed by atoms with Crippen molar-refractivity contribution in [2.24, 2.45) is 0 Å². The number of piperazine rings is 2. The third-order valence-corrected chi connectivity index (χ3v) is 11.9. The number of aliphatic carboxylic acids is 1. The van der Waals surface area contributed by atoms with Crippen LogP contribution in [-0.2, 0) is 27.4 Å². The number of ketones is 2. The fraction of sp³-hybridized carbons (Fsp3) is 0.319. The molecule has 2 amide bonds. The summed E-state index contributed by atoms with van der Waals surface area (Å²) in [7, 11) is 1.13. The van der Waals surface area contributed by atoms with Crippen LogP contribution in [0.3, 0.4) is 0 Å². The summed E-state index contributed by atoms with van der Waals surface area (Å²) < 4.78 is 30.9. The highest BCUT2D eigenvalue weighted by molar-refractivity contribution is 6.43. The van der Waals surface area contributed by atoms with Crippen molar-refractivity contribution in [3.63, 3.8) is 0 Å². The summed E-state index contributed by atoms with van der Waals surface area (Å²) >= 11 is 0. The lowest BCUT2D eigenvalue weighted by molar-refractivity contribution is -0.135. The van der Waals surface area contributed by atoms with Gasteiger partial charge in [-0.25, -0.2) is 28.3 Å². The SMILES string of the molecule is COC(=O)C(=O)c1c[nH]c2ccc(C(=O)N3C[C@H](C)N(Cc4ccc(F)cc4)C[C@H]3C)nc12.C[C@@H]1CN(Cc2ccc(F)cc2)[C@@H](C)CN1C(=O)c1ccc2[nH]cc(C(=O)C(=O)O)c2n1. The van der Waals surface area contributed by atoms with Crippen molar-refractivity contribution >= 4 is 57.4 Å². The summed E-state index contributed by atoms with van der Waals surface area (Å²) in [6, 6.07) is 19.3. The number of hydrogen-bond donors (Lipinski definition) is 3. The topological polar surface area (TPSA) is 202 Å². The summed E-state index contributed by atoms with van der Waals surface area (Å²) in [5.74, 6) is -5.53. The number of carbonyl (C=O) groups is 6. The van der Waals surface area contributed by atoms with E-state index in [9.17, 15) is 37.5 Å². The van der Waals surface area contributed by atoms with Gasteiger partial charge in [0.25, 0.3) is 23.4 Å². The minimum absolute atomic E-state index is 0.0667. The Hall–Kier alpha value is -7.18. The fourth-order valence-electron chi connectivity index (χ4n) is 8.25. The van der Waals surface area contributed by atoms with Gasteiger partial charge in [0.15, 0.2) is 0 Å². The van der Waals surface area contributed by atoms with E-state index in [1.807, 2.05) is 27.7 Å². The van der Waals surface area contributed by atoms with Crippen molar-refractivity contribution in [2.75, 3.05) is 33.3 Å². The number of Topliss-reactive ketones (excluding diaryl/α,β-unsaturated/α-hetero) is 2. The van der Waals surface area contributed by atoms with Crippen LogP contribution < -0.4 is 0 Å². The second-order valence-corrected chi connectivity index (χ2v) is 16.5. The van der Waals surface area contributed by atoms with Gasteiger partial charge < -0.3 is 29.6 Å². The number of rotatable bonds is 10. The molecule has 4 aromatic heterocycles. The highest BCUT2D eigenvalue weighted by atomic mass is 19.1. The number of fused-ring (bicyclic) bond motifs is 2. The Labute approximate surface area is 372 Å². The third kappa shape index (κ3) is 9.98. The molecule has 6 aromatic rings. The molecule has 4 atom stereocenters. The van der Waals surface area contributed by atoms with E-state index in [1.165, 1.54) is 36.7 Å². The zero-order valence-electron chi connectivity index (χ0n) is 36.4. The van der Waals surface area contributed by atoms with Gasteiger partial charge in [-0.1, -0.05) is 24.3 Å². The maximum atomic E-state index is 13.3. The molecule has 3 N–H and O–H groups in total. The molecule has 0 unspecified atom stereocenters. The van der Waals surface area contributed by atoms with E-state index < -0.39 is 23.5 Å². The number of hydrogen-bond acceptors (Lipinski definition) is 11. The number of nitrogens with zero attached hydrogens (tertiary/aromatic N) is 6. The van der Waals surface area contributed by atoms with E-state index in [-0.39, 0.29) is 81.2 Å². The normalized spacial score (nSPS) is 19.1.